The molecule has 0 radical (unpaired) electrons. The first-order chi connectivity index (χ1) is 13.7. The number of nitrogens with one attached hydrogen (secondary N) is 1. The molecule has 0 saturated carbocycles. The molecule has 9 nitrogen and oxygen atoms in total. The van der Waals surface area contributed by atoms with Crippen molar-refractivity contribution in [2.75, 3.05) is 6.61 Å². The highest BCUT2D eigenvalue weighted by Crippen LogP contribution is 2.32. The molecule has 2 aromatic heterocycles. The van der Waals surface area contributed by atoms with Crippen molar-refractivity contribution < 1.29 is 23.4 Å². The molecule has 0 amide bonds. The van der Waals surface area contributed by atoms with Gasteiger partial charge in [0.05, 0.1) is 23.2 Å². The summed E-state index contributed by atoms with van der Waals surface area (Å²) in [5.41, 5.74) is 3.55. The molecule has 0 aliphatic carbocycles. The minimum atomic E-state index is -1.12. The molecule has 158 valence electrons. The van der Waals surface area contributed by atoms with Crippen LogP contribution in [0.2, 0.25) is 4.34 Å². The van der Waals surface area contributed by atoms with E-state index in [1.165, 1.54) is 18.3 Å². The predicted molar refractivity (Wildman–Crippen MR) is 102 cm³/mol. The maximum atomic E-state index is 13.6. The molecule has 3 rings (SSSR count). The van der Waals surface area contributed by atoms with Crippen LogP contribution < -0.4 is 17.0 Å². The highest BCUT2D eigenvalue weighted by Gasteiger charge is 2.38. The van der Waals surface area contributed by atoms with E-state index in [4.69, 9.17) is 31.5 Å². The van der Waals surface area contributed by atoms with Gasteiger partial charge >= 0.3 is 11.7 Å². The van der Waals surface area contributed by atoms with E-state index >= 15 is 0 Å². The lowest BCUT2D eigenvalue weighted by atomic mass is 10.2. The largest absolute Gasteiger partial charge is 0.462 e. The first-order valence-electron chi connectivity index (χ1n) is 8.69. The van der Waals surface area contributed by atoms with Crippen LogP contribution >= 0.6 is 22.9 Å². The normalized spacial score (nSPS) is 22.6. The van der Waals surface area contributed by atoms with Gasteiger partial charge in [0.15, 0.2) is 0 Å². The Labute approximate surface area is 173 Å². The lowest BCUT2D eigenvalue weighted by Gasteiger charge is -2.19. The molecular formula is C17H19ClFN3O6S. The maximum Gasteiger partial charge on any atom is 0.330 e. The Balaban J connectivity index is 1.75. The summed E-state index contributed by atoms with van der Waals surface area (Å²) in [7, 11) is 0. The Kier molecular flexibility index (Phi) is 6.85. The van der Waals surface area contributed by atoms with Gasteiger partial charge in [0.25, 0.3) is 5.56 Å². The van der Waals surface area contributed by atoms with E-state index in [2.05, 4.69) is 0 Å². The summed E-state index contributed by atoms with van der Waals surface area (Å²) in [6, 6.07) is 2.74. The van der Waals surface area contributed by atoms with E-state index in [0.29, 0.717) is 4.34 Å². The Hall–Kier alpha value is -2.05. The molecule has 2 aromatic rings. The molecule has 0 spiro atoms. The molecule has 29 heavy (non-hydrogen) atoms. The van der Waals surface area contributed by atoms with Crippen LogP contribution in [0.25, 0.3) is 0 Å². The van der Waals surface area contributed by atoms with Gasteiger partial charge in [0, 0.05) is 11.3 Å². The fourth-order valence-corrected chi connectivity index (χ4v) is 3.80. The molecule has 4 atom stereocenters. The van der Waals surface area contributed by atoms with Crippen molar-refractivity contribution in [3.63, 3.8) is 0 Å². The summed E-state index contributed by atoms with van der Waals surface area (Å²) < 4.78 is 32.0. The molecule has 3 heterocycles. The summed E-state index contributed by atoms with van der Waals surface area (Å²) in [5.74, 6) is -1.74. The average molecular weight is 448 g/mol. The van der Waals surface area contributed by atoms with Crippen LogP contribution in [0.15, 0.2) is 27.9 Å². The molecule has 1 fully saturated rings. The fraction of sp³-hybridized carbons (Fsp3) is 0.471. The molecule has 0 aromatic carbocycles. The van der Waals surface area contributed by atoms with Crippen molar-refractivity contribution in [2.24, 2.45) is 5.73 Å². The zero-order valence-corrected chi connectivity index (χ0v) is 16.9. The third-order valence-electron chi connectivity index (χ3n) is 4.25. The number of halogens is 2. The van der Waals surface area contributed by atoms with E-state index in [9.17, 15) is 18.8 Å². The molecule has 1 aliphatic heterocycles. The van der Waals surface area contributed by atoms with Crippen LogP contribution in [0.4, 0.5) is 4.39 Å². The number of nitrogens with two attached hydrogens (primary N) is 1. The summed E-state index contributed by atoms with van der Waals surface area (Å²) in [4.78, 5) is 37.7. The summed E-state index contributed by atoms with van der Waals surface area (Å²) in [5, 5.41) is 0. The van der Waals surface area contributed by atoms with Crippen molar-refractivity contribution in [1.29, 1.82) is 0 Å². The molecule has 0 unspecified atom stereocenters. The lowest BCUT2D eigenvalue weighted by molar-refractivity contribution is -0.152. The van der Waals surface area contributed by atoms with Crippen LogP contribution in [-0.4, -0.2) is 40.4 Å². The highest BCUT2D eigenvalue weighted by molar-refractivity contribution is 7.16. The van der Waals surface area contributed by atoms with Crippen LogP contribution in [0, 0.1) is 5.82 Å². The smallest absolute Gasteiger partial charge is 0.330 e. The Morgan fingerprint density at radius 2 is 2.28 bits per heavy atom. The Morgan fingerprint density at radius 1 is 1.52 bits per heavy atom. The molecule has 3 N–H and O–H groups in total. The summed E-state index contributed by atoms with van der Waals surface area (Å²) in [6.45, 7) is 1.55. The number of thiophene rings is 1. The molecular weight excluding hydrogens is 429 g/mol. The topological polar surface area (TPSA) is 126 Å². The minimum absolute atomic E-state index is 0.159. The Morgan fingerprint density at radius 3 is 2.93 bits per heavy atom. The molecule has 1 saturated heterocycles. The van der Waals surface area contributed by atoms with Crippen LogP contribution in [0.3, 0.4) is 0 Å². The number of hydrogen-bond acceptors (Lipinski definition) is 8. The number of carbonyl (C=O) groups is 1. The number of esters is 1. The first kappa shape index (κ1) is 21.7. The van der Waals surface area contributed by atoms with E-state index in [-0.39, 0.29) is 19.6 Å². The number of rotatable bonds is 7. The predicted octanol–water partition coefficient (Wildman–Crippen LogP) is 1.15. The number of aromatic nitrogens is 2. The van der Waals surface area contributed by atoms with Crippen molar-refractivity contribution >= 4 is 28.9 Å². The second-order valence-electron chi connectivity index (χ2n) is 6.48. The van der Waals surface area contributed by atoms with E-state index < -0.39 is 47.5 Å². The minimum Gasteiger partial charge on any atom is -0.462 e. The monoisotopic (exact) mass is 447 g/mol. The van der Waals surface area contributed by atoms with Gasteiger partial charge < -0.3 is 19.9 Å². The first-order valence-corrected chi connectivity index (χ1v) is 9.88. The van der Waals surface area contributed by atoms with Gasteiger partial charge in [-0.05, 0) is 19.1 Å². The third-order valence-corrected chi connectivity index (χ3v) is 5.45. The Bertz CT molecular complexity index is 990. The second-order valence-corrected chi connectivity index (χ2v) is 8.28. The van der Waals surface area contributed by atoms with Crippen molar-refractivity contribution in [3.8, 4) is 0 Å². The summed E-state index contributed by atoms with van der Waals surface area (Å²) in [6.07, 6.45) is -1.25. The van der Waals surface area contributed by atoms with Crippen molar-refractivity contribution in [3.05, 3.63) is 54.2 Å². The number of nitrogens with zero attached hydrogens (tertiary/aromatic N) is 1. The van der Waals surface area contributed by atoms with Crippen molar-refractivity contribution in [1.82, 2.24) is 9.55 Å². The van der Waals surface area contributed by atoms with Crippen LogP contribution in [-0.2, 0) is 25.6 Å². The average Bonchev–Trinajstić information content (AvgIpc) is 3.26. The highest BCUT2D eigenvalue weighted by atomic mass is 35.5. The van der Waals surface area contributed by atoms with Gasteiger partial charge in [0.2, 0.25) is 5.82 Å². The number of carbonyl (C=O) groups excluding carboxylic acids is 1. The second kappa shape index (κ2) is 9.18. The fourth-order valence-electron chi connectivity index (χ4n) is 2.79. The number of H-pyrrole nitrogens is 1. The number of hydrogen-bond donors (Lipinski definition) is 2. The zero-order chi connectivity index (χ0) is 21.1. The van der Waals surface area contributed by atoms with Gasteiger partial charge in [-0.25, -0.2) is 4.79 Å². The van der Waals surface area contributed by atoms with E-state index in [1.807, 2.05) is 11.1 Å². The SMILES string of the molecule is C[C@@H](N)C(=O)OC[C@H]1O[C@@H](n2cc(F)c(=O)[nH]c2=O)C[C@@H]1OCc1ccc(Cl)s1. The van der Waals surface area contributed by atoms with Crippen LogP contribution in [0.5, 0.6) is 0 Å². The van der Waals surface area contributed by atoms with Gasteiger partial charge in [-0.3, -0.25) is 19.1 Å². The quantitative estimate of drug-likeness (QED) is 0.610. The van der Waals surface area contributed by atoms with Gasteiger partial charge in [-0.15, -0.1) is 11.3 Å². The third kappa shape index (κ3) is 5.31. The van der Waals surface area contributed by atoms with Gasteiger partial charge in [-0.2, -0.15) is 4.39 Å². The van der Waals surface area contributed by atoms with Gasteiger partial charge in [0.1, 0.15) is 25.0 Å². The van der Waals surface area contributed by atoms with Gasteiger partial charge in [-0.1, -0.05) is 11.6 Å². The number of aromatic amines is 1. The van der Waals surface area contributed by atoms with E-state index in [1.54, 1.807) is 6.07 Å². The van der Waals surface area contributed by atoms with Crippen LogP contribution in [0.1, 0.15) is 24.4 Å². The number of ether oxygens (including phenoxy) is 3. The zero-order valence-electron chi connectivity index (χ0n) is 15.3. The molecule has 1 aliphatic rings. The van der Waals surface area contributed by atoms with Crippen molar-refractivity contribution in [2.45, 2.75) is 44.4 Å². The van der Waals surface area contributed by atoms with E-state index in [0.717, 1.165) is 15.6 Å². The standard InChI is InChI=1S/C17H19ClFN3O6S/c1-8(20)16(24)27-7-12-11(26-6-9-2-3-13(18)29-9)4-14(28-12)22-5-10(19)15(23)21-17(22)25/h2-3,5,8,11-12,14H,4,6-7,20H2,1H3,(H,21,23,25)/t8-,11+,12-,14-/m1/s1. The summed E-state index contributed by atoms with van der Waals surface area (Å²) >= 11 is 7.26. The lowest BCUT2D eigenvalue weighted by Crippen LogP contribution is -2.35. The molecule has 0 bridgehead atoms. The maximum absolute atomic E-state index is 13.6. The molecule has 12 heteroatoms.